The van der Waals surface area contributed by atoms with Gasteiger partial charge in [-0.15, -0.1) is 4.59 Å². The smallest absolute Gasteiger partial charge is 0.331 e. The number of carbonyl (C=O) groups excluding carboxylic acids is 2. The molecule has 16 heteroatoms. The number of amides is 3. The Morgan fingerprint density at radius 3 is 2.41 bits per heavy atom. The molecule has 0 spiro atoms. The maximum atomic E-state index is 13.8. The minimum Gasteiger partial charge on any atom is -0.331 e. The standard InChI is InChI=1S/C28H26F6N8O2/c1-40(2)26(44)41-15-18(7-8-21(41)28(32,33)34)23-20-14-36-11-12-42(20,35)24(39-23)16-3-5-17(6-4-16)25(43)38-22-13-19(9-10-37-22)27(29,30)31/h3-6,9-14,18,21H,7-8,15,35H2,1-2H3/p+1/t18-,21+,42?/m0/s1. The van der Waals surface area contributed by atoms with Crippen molar-refractivity contribution in [3.8, 4) is 0 Å². The Morgan fingerprint density at radius 2 is 1.77 bits per heavy atom. The molecule has 44 heavy (non-hydrogen) atoms. The minimum atomic E-state index is -4.61. The molecule has 3 aliphatic heterocycles. The van der Waals surface area contributed by atoms with Gasteiger partial charge in [-0.2, -0.15) is 37.2 Å². The number of hydrogen-bond donors (Lipinski definition) is 2. The summed E-state index contributed by atoms with van der Waals surface area (Å²) in [5.41, 5.74) is 0.437. The number of aliphatic imine (C=N–C) groups is 2. The first kappa shape index (κ1) is 30.9. The zero-order chi connectivity index (χ0) is 32.0. The predicted molar refractivity (Wildman–Crippen MR) is 148 cm³/mol. The molecule has 1 fully saturated rings. The van der Waals surface area contributed by atoms with E-state index < -0.39 is 46.4 Å². The Kier molecular flexibility index (Phi) is 7.84. The second-order valence-corrected chi connectivity index (χ2v) is 10.7. The normalized spacial score (nSPS) is 23.4. The van der Waals surface area contributed by atoms with Gasteiger partial charge in [0.15, 0.2) is 0 Å². The average Bonchev–Trinajstić information content (AvgIpc) is 3.28. The molecule has 3 N–H and O–H groups in total. The Bertz CT molecular complexity index is 1600. The van der Waals surface area contributed by atoms with Crippen LogP contribution in [0.1, 0.15) is 34.3 Å². The van der Waals surface area contributed by atoms with Crippen LogP contribution in [0.3, 0.4) is 0 Å². The van der Waals surface area contributed by atoms with Gasteiger partial charge < -0.3 is 15.1 Å². The monoisotopic (exact) mass is 621 g/mol. The third kappa shape index (κ3) is 5.81. The highest BCUT2D eigenvalue weighted by Crippen LogP contribution is 2.41. The Morgan fingerprint density at radius 1 is 1.07 bits per heavy atom. The number of nitrogens with one attached hydrogen (secondary N) is 1. The predicted octanol–water partition coefficient (Wildman–Crippen LogP) is 4.90. The molecule has 0 bridgehead atoms. The molecule has 1 saturated heterocycles. The average molecular weight is 622 g/mol. The molecule has 3 amide bonds. The number of pyridine rings is 1. The highest BCUT2D eigenvalue weighted by molar-refractivity contribution is 6.05. The SMILES string of the molecule is CN(C)C(=O)N1C[C@@H](C2=C3C=NC=C[N+]3(N)C(c3ccc(C(=O)Nc4cc(C(F)(F)F)ccn4)cc3)=N2)CC[C@@H]1C(F)(F)F. The number of hydrogen-bond acceptors (Lipinski definition) is 6. The number of likely N-dealkylation sites (tertiary alicyclic amines) is 1. The van der Waals surface area contributed by atoms with Crippen molar-refractivity contribution in [2.24, 2.45) is 21.7 Å². The first-order chi connectivity index (χ1) is 20.6. The zero-order valence-corrected chi connectivity index (χ0v) is 23.4. The maximum Gasteiger partial charge on any atom is 0.416 e. The zero-order valence-electron chi connectivity index (χ0n) is 23.4. The summed E-state index contributed by atoms with van der Waals surface area (Å²) in [6.07, 6.45) is -4.03. The molecule has 1 aromatic heterocycles. The lowest BCUT2D eigenvalue weighted by Crippen LogP contribution is -2.56. The lowest BCUT2D eigenvalue weighted by Gasteiger charge is -2.41. The molecule has 0 radical (unpaired) electrons. The summed E-state index contributed by atoms with van der Waals surface area (Å²) in [5, 5.41) is 2.34. The first-order valence-electron chi connectivity index (χ1n) is 13.3. The number of aromatic nitrogens is 1. The molecule has 0 saturated carbocycles. The molecule has 3 atom stereocenters. The number of quaternary nitrogens is 1. The van der Waals surface area contributed by atoms with E-state index in [2.05, 4.69) is 15.3 Å². The fourth-order valence-corrected chi connectivity index (χ4v) is 5.34. The fourth-order valence-electron chi connectivity index (χ4n) is 5.34. The Labute approximate surface area is 247 Å². The lowest BCUT2D eigenvalue weighted by molar-refractivity contribution is -0.750. The van der Waals surface area contributed by atoms with Gasteiger partial charge in [0.1, 0.15) is 23.8 Å². The van der Waals surface area contributed by atoms with Crippen molar-refractivity contribution in [1.29, 1.82) is 0 Å². The van der Waals surface area contributed by atoms with E-state index in [1.54, 1.807) is 18.3 Å². The van der Waals surface area contributed by atoms with E-state index in [0.29, 0.717) is 22.8 Å². The van der Waals surface area contributed by atoms with Crippen molar-refractivity contribution < 1.29 is 40.5 Å². The number of anilines is 1. The van der Waals surface area contributed by atoms with Crippen molar-refractivity contribution in [3.05, 3.63) is 83.1 Å². The summed E-state index contributed by atoms with van der Waals surface area (Å²) in [4.78, 5) is 40.1. The molecule has 10 nitrogen and oxygen atoms in total. The van der Waals surface area contributed by atoms with Crippen LogP contribution in [0, 0.1) is 5.92 Å². The number of carbonyl (C=O) groups is 2. The number of piperidine rings is 1. The summed E-state index contributed by atoms with van der Waals surface area (Å²) in [7, 11) is 2.76. The molecule has 232 valence electrons. The fraction of sp³-hybridized carbons (Fsp3) is 0.321. The van der Waals surface area contributed by atoms with Gasteiger partial charge in [0, 0.05) is 38.3 Å². The van der Waals surface area contributed by atoms with Crippen LogP contribution >= 0.6 is 0 Å². The van der Waals surface area contributed by atoms with E-state index >= 15 is 0 Å². The van der Waals surface area contributed by atoms with E-state index in [4.69, 9.17) is 10.8 Å². The quantitative estimate of drug-likeness (QED) is 0.287. The van der Waals surface area contributed by atoms with Crippen LogP contribution in [0.15, 0.2) is 76.4 Å². The number of nitrogens with two attached hydrogens (primary N) is 1. The van der Waals surface area contributed by atoms with Crippen LogP contribution in [0.4, 0.5) is 37.0 Å². The van der Waals surface area contributed by atoms with E-state index in [9.17, 15) is 35.9 Å². The van der Waals surface area contributed by atoms with Crippen molar-refractivity contribution in [2.75, 3.05) is 26.0 Å². The molecule has 4 heterocycles. The second kappa shape index (κ2) is 11.2. The summed E-state index contributed by atoms with van der Waals surface area (Å²) >= 11 is 0. The molecule has 1 unspecified atom stereocenters. The number of allylic oxidation sites excluding steroid dienone is 1. The van der Waals surface area contributed by atoms with Gasteiger partial charge in [-0.05, 0) is 49.2 Å². The number of alkyl halides is 6. The summed E-state index contributed by atoms with van der Waals surface area (Å²) < 4.78 is 80.1. The van der Waals surface area contributed by atoms with Gasteiger partial charge in [-0.1, -0.05) is 0 Å². The van der Waals surface area contributed by atoms with E-state index in [1.807, 2.05) is 0 Å². The van der Waals surface area contributed by atoms with Crippen molar-refractivity contribution in [2.45, 2.75) is 31.2 Å². The van der Waals surface area contributed by atoms with Crippen LogP contribution in [0.25, 0.3) is 0 Å². The van der Waals surface area contributed by atoms with Crippen LogP contribution in [0.5, 0.6) is 0 Å². The first-order valence-corrected chi connectivity index (χ1v) is 13.3. The molecular weight excluding hydrogens is 594 g/mol. The van der Waals surface area contributed by atoms with Gasteiger partial charge in [-0.25, -0.2) is 9.78 Å². The number of fused-ring (bicyclic) bond motifs is 1. The molecular formula is C28H27F6N8O2+. The third-order valence-electron chi connectivity index (χ3n) is 7.53. The molecule has 2 aromatic rings. The van der Waals surface area contributed by atoms with Gasteiger partial charge in [-0.3, -0.25) is 9.79 Å². The van der Waals surface area contributed by atoms with E-state index in [1.165, 1.54) is 38.6 Å². The Balaban J connectivity index is 1.41. The second-order valence-electron chi connectivity index (χ2n) is 10.7. The van der Waals surface area contributed by atoms with Crippen LogP contribution in [-0.2, 0) is 6.18 Å². The largest absolute Gasteiger partial charge is 0.416 e. The van der Waals surface area contributed by atoms with Crippen LogP contribution in [0.2, 0.25) is 0 Å². The lowest BCUT2D eigenvalue weighted by atomic mass is 9.89. The molecule has 3 aliphatic rings. The summed E-state index contributed by atoms with van der Waals surface area (Å²) in [5.74, 6) is 5.49. The Hall–Kier alpha value is -4.57. The summed E-state index contributed by atoms with van der Waals surface area (Å²) in [6.45, 7) is -0.239. The number of amidine groups is 1. The van der Waals surface area contributed by atoms with Crippen LogP contribution < -0.4 is 11.2 Å². The van der Waals surface area contributed by atoms with Gasteiger partial charge in [0.05, 0.1) is 23.5 Å². The summed E-state index contributed by atoms with van der Waals surface area (Å²) in [6, 6.07) is 4.74. The number of urea groups is 1. The highest BCUT2D eigenvalue weighted by atomic mass is 19.4. The van der Waals surface area contributed by atoms with Crippen molar-refractivity contribution in [1.82, 2.24) is 14.8 Å². The van der Waals surface area contributed by atoms with Crippen LogP contribution in [-0.4, -0.2) is 76.2 Å². The highest BCUT2D eigenvalue weighted by Gasteiger charge is 2.52. The molecule has 1 aromatic carbocycles. The van der Waals surface area contributed by atoms with Gasteiger partial charge in [0.25, 0.3) is 11.7 Å². The molecule has 5 rings (SSSR count). The van der Waals surface area contributed by atoms with Crippen molar-refractivity contribution in [3.63, 3.8) is 0 Å². The number of halogens is 6. The van der Waals surface area contributed by atoms with Crippen molar-refractivity contribution >= 4 is 29.8 Å². The van der Waals surface area contributed by atoms with Gasteiger partial charge in [0.2, 0.25) is 5.70 Å². The number of nitrogens with zero attached hydrogens (tertiary/aromatic N) is 6. The van der Waals surface area contributed by atoms with E-state index in [0.717, 1.165) is 28.1 Å². The maximum absolute atomic E-state index is 13.8. The third-order valence-corrected chi connectivity index (χ3v) is 7.53. The molecule has 0 aliphatic carbocycles. The number of benzene rings is 1. The van der Waals surface area contributed by atoms with Gasteiger partial charge >= 0.3 is 18.4 Å². The topological polar surface area (TPSA) is 116 Å². The minimum absolute atomic E-state index is 0.0945. The van der Waals surface area contributed by atoms with E-state index in [-0.39, 0.29) is 30.8 Å². The number of rotatable bonds is 4.